The van der Waals surface area contributed by atoms with Gasteiger partial charge in [-0.15, -0.1) is 0 Å². The number of nitrogens with zero attached hydrogens (tertiary/aromatic N) is 1. The molecule has 1 aliphatic carbocycles. The van der Waals surface area contributed by atoms with E-state index < -0.39 is 0 Å². The molecule has 1 aliphatic heterocycles. The number of nitriles is 1. The lowest BCUT2D eigenvalue weighted by Crippen LogP contribution is -2.47. The van der Waals surface area contributed by atoms with Crippen molar-refractivity contribution in [3.05, 3.63) is 0 Å². The normalized spacial score (nSPS) is 27.9. The van der Waals surface area contributed by atoms with Crippen molar-refractivity contribution < 1.29 is 4.74 Å². The summed E-state index contributed by atoms with van der Waals surface area (Å²) in [6, 6.07) is 2.31. The van der Waals surface area contributed by atoms with Crippen molar-refractivity contribution in [1.29, 1.82) is 5.26 Å². The highest BCUT2D eigenvalue weighted by molar-refractivity contribution is 4.99. The van der Waals surface area contributed by atoms with Gasteiger partial charge in [-0.2, -0.15) is 5.26 Å². The molecule has 0 radical (unpaired) electrons. The topological polar surface area (TPSA) is 33.0 Å². The van der Waals surface area contributed by atoms with E-state index in [2.05, 4.69) is 6.07 Å². The molecule has 2 fully saturated rings. The predicted molar refractivity (Wildman–Crippen MR) is 45.4 cm³/mol. The van der Waals surface area contributed by atoms with Crippen LogP contribution >= 0.6 is 0 Å². The summed E-state index contributed by atoms with van der Waals surface area (Å²) in [6.45, 7) is 1.68. The highest BCUT2D eigenvalue weighted by atomic mass is 16.5. The molecule has 12 heavy (non-hydrogen) atoms. The van der Waals surface area contributed by atoms with Crippen LogP contribution in [0.5, 0.6) is 0 Å². The lowest BCUT2D eigenvalue weighted by atomic mass is 9.71. The van der Waals surface area contributed by atoms with Gasteiger partial charge in [-0.05, 0) is 18.8 Å². The zero-order valence-corrected chi connectivity index (χ0v) is 7.38. The lowest BCUT2D eigenvalue weighted by Gasteiger charge is -2.44. The highest BCUT2D eigenvalue weighted by Crippen LogP contribution is 2.46. The van der Waals surface area contributed by atoms with Crippen LogP contribution in [0.4, 0.5) is 0 Å². The van der Waals surface area contributed by atoms with Crippen LogP contribution in [0.3, 0.4) is 0 Å². The minimum absolute atomic E-state index is 0.269. The van der Waals surface area contributed by atoms with Gasteiger partial charge in [-0.1, -0.05) is 12.8 Å². The van der Waals surface area contributed by atoms with E-state index in [1.807, 2.05) is 0 Å². The van der Waals surface area contributed by atoms with Crippen molar-refractivity contribution in [1.82, 2.24) is 0 Å². The summed E-state index contributed by atoms with van der Waals surface area (Å²) < 4.78 is 5.25. The van der Waals surface area contributed by atoms with Gasteiger partial charge >= 0.3 is 0 Å². The number of ether oxygens (including phenoxy) is 1. The molecule has 0 N–H and O–H groups in total. The van der Waals surface area contributed by atoms with E-state index in [9.17, 15) is 0 Å². The minimum atomic E-state index is 0.269. The first-order valence-electron chi connectivity index (χ1n) is 4.82. The average molecular weight is 165 g/mol. The molecular formula is C10H15NO. The van der Waals surface area contributed by atoms with E-state index in [0.29, 0.717) is 6.42 Å². The maximum absolute atomic E-state index is 8.72. The van der Waals surface area contributed by atoms with Gasteiger partial charge in [-0.25, -0.2) is 0 Å². The molecule has 1 heterocycles. The summed E-state index contributed by atoms with van der Waals surface area (Å²) in [5.74, 6) is 0.783. The second-order valence-electron chi connectivity index (χ2n) is 4.17. The van der Waals surface area contributed by atoms with Crippen LogP contribution in [0.1, 0.15) is 32.1 Å². The molecule has 1 saturated heterocycles. The van der Waals surface area contributed by atoms with Gasteiger partial charge in [0.15, 0.2) is 0 Å². The van der Waals surface area contributed by atoms with Gasteiger partial charge in [0.05, 0.1) is 19.3 Å². The fraction of sp³-hybridized carbons (Fsp3) is 0.900. The van der Waals surface area contributed by atoms with Crippen LogP contribution in [0.2, 0.25) is 0 Å². The quantitative estimate of drug-likeness (QED) is 0.627. The standard InChI is InChI=1S/C10H15NO/c11-6-5-10(7-12-8-10)9-3-1-2-4-9/h9H,1-5,7-8H2. The molecule has 1 saturated carbocycles. The Labute approximate surface area is 73.5 Å². The summed E-state index contributed by atoms with van der Waals surface area (Å²) in [4.78, 5) is 0. The summed E-state index contributed by atoms with van der Waals surface area (Å²) in [5.41, 5.74) is 0.269. The highest BCUT2D eigenvalue weighted by Gasteiger charge is 2.45. The fourth-order valence-corrected chi connectivity index (χ4v) is 2.54. The van der Waals surface area contributed by atoms with E-state index in [0.717, 1.165) is 19.1 Å². The van der Waals surface area contributed by atoms with E-state index in [-0.39, 0.29) is 5.41 Å². The van der Waals surface area contributed by atoms with Gasteiger partial charge in [-0.3, -0.25) is 0 Å². The van der Waals surface area contributed by atoms with Crippen LogP contribution in [-0.4, -0.2) is 13.2 Å². The van der Waals surface area contributed by atoms with Gasteiger partial charge in [0, 0.05) is 11.8 Å². The van der Waals surface area contributed by atoms with Crippen LogP contribution in [0, 0.1) is 22.7 Å². The first-order valence-corrected chi connectivity index (χ1v) is 4.82. The van der Waals surface area contributed by atoms with Crippen molar-refractivity contribution in [2.75, 3.05) is 13.2 Å². The largest absolute Gasteiger partial charge is 0.380 e. The number of rotatable bonds is 2. The molecule has 0 spiro atoms. The van der Waals surface area contributed by atoms with Crippen LogP contribution in [-0.2, 0) is 4.74 Å². The summed E-state index contributed by atoms with van der Waals surface area (Å²) in [7, 11) is 0. The molecule has 2 aliphatic rings. The van der Waals surface area contributed by atoms with Crippen molar-refractivity contribution in [2.45, 2.75) is 32.1 Å². The fourth-order valence-electron chi connectivity index (χ4n) is 2.54. The molecule has 0 aromatic heterocycles. The van der Waals surface area contributed by atoms with Crippen molar-refractivity contribution >= 4 is 0 Å². The third kappa shape index (κ3) is 1.13. The smallest absolute Gasteiger partial charge is 0.0629 e. The third-order valence-electron chi connectivity index (χ3n) is 3.43. The molecule has 0 aromatic carbocycles. The Morgan fingerprint density at radius 3 is 2.42 bits per heavy atom. The molecule has 2 rings (SSSR count). The van der Waals surface area contributed by atoms with E-state index in [4.69, 9.17) is 10.00 Å². The Kier molecular flexibility index (Phi) is 2.06. The van der Waals surface area contributed by atoms with E-state index in [1.165, 1.54) is 25.7 Å². The molecule has 0 bridgehead atoms. The SMILES string of the molecule is N#CCC1(C2CCCC2)COC1. The second kappa shape index (κ2) is 3.06. The molecular weight excluding hydrogens is 150 g/mol. The third-order valence-corrected chi connectivity index (χ3v) is 3.43. The van der Waals surface area contributed by atoms with E-state index >= 15 is 0 Å². The monoisotopic (exact) mass is 165 g/mol. The molecule has 2 nitrogen and oxygen atoms in total. The molecule has 0 atom stereocenters. The molecule has 66 valence electrons. The first kappa shape index (κ1) is 8.07. The van der Waals surface area contributed by atoms with Crippen molar-refractivity contribution in [3.8, 4) is 6.07 Å². The van der Waals surface area contributed by atoms with Gasteiger partial charge < -0.3 is 4.74 Å². The lowest BCUT2D eigenvalue weighted by molar-refractivity contribution is -0.141. The van der Waals surface area contributed by atoms with Gasteiger partial charge in [0.2, 0.25) is 0 Å². The maximum atomic E-state index is 8.72. The van der Waals surface area contributed by atoms with Crippen LogP contribution < -0.4 is 0 Å². The van der Waals surface area contributed by atoms with Crippen LogP contribution in [0.25, 0.3) is 0 Å². The average Bonchev–Trinajstić information content (AvgIpc) is 2.48. The predicted octanol–water partition coefficient (Wildman–Crippen LogP) is 2.11. The minimum Gasteiger partial charge on any atom is -0.380 e. The Morgan fingerprint density at radius 1 is 1.33 bits per heavy atom. The van der Waals surface area contributed by atoms with Gasteiger partial charge in [0.1, 0.15) is 0 Å². The van der Waals surface area contributed by atoms with E-state index in [1.54, 1.807) is 0 Å². The summed E-state index contributed by atoms with van der Waals surface area (Å²) in [5, 5.41) is 8.72. The number of hydrogen-bond acceptors (Lipinski definition) is 2. The summed E-state index contributed by atoms with van der Waals surface area (Å²) in [6.07, 6.45) is 6.07. The van der Waals surface area contributed by atoms with Crippen molar-refractivity contribution in [3.63, 3.8) is 0 Å². The first-order chi connectivity index (χ1) is 5.87. The maximum Gasteiger partial charge on any atom is 0.0629 e. The number of hydrogen-bond donors (Lipinski definition) is 0. The Morgan fingerprint density at radius 2 is 2.00 bits per heavy atom. The molecule has 0 unspecified atom stereocenters. The molecule has 0 amide bonds. The zero-order valence-electron chi connectivity index (χ0n) is 7.38. The second-order valence-corrected chi connectivity index (χ2v) is 4.17. The Balaban J connectivity index is 2.01. The van der Waals surface area contributed by atoms with Gasteiger partial charge in [0.25, 0.3) is 0 Å². The Bertz CT molecular complexity index is 196. The molecule has 0 aromatic rings. The Hall–Kier alpha value is -0.550. The van der Waals surface area contributed by atoms with Crippen molar-refractivity contribution in [2.24, 2.45) is 11.3 Å². The molecule has 2 heteroatoms. The summed E-state index contributed by atoms with van der Waals surface area (Å²) >= 11 is 0. The zero-order chi connectivity index (χ0) is 8.44. The van der Waals surface area contributed by atoms with Crippen LogP contribution in [0.15, 0.2) is 0 Å².